The van der Waals surface area contributed by atoms with E-state index in [0.29, 0.717) is 13.1 Å². The van der Waals surface area contributed by atoms with Gasteiger partial charge >= 0.3 is 0 Å². The minimum absolute atomic E-state index is 0.114. The summed E-state index contributed by atoms with van der Waals surface area (Å²) >= 11 is 0. The average Bonchev–Trinajstić information content (AvgIpc) is 2.35. The van der Waals surface area contributed by atoms with Crippen molar-refractivity contribution in [3.8, 4) is 0 Å². The summed E-state index contributed by atoms with van der Waals surface area (Å²) < 4.78 is 0. The molecule has 0 fully saturated rings. The molecule has 1 amide bonds. The van der Waals surface area contributed by atoms with E-state index in [0.717, 1.165) is 19.3 Å². The van der Waals surface area contributed by atoms with Crippen molar-refractivity contribution in [2.75, 3.05) is 13.1 Å². The summed E-state index contributed by atoms with van der Waals surface area (Å²) in [5, 5.41) is 2.98. The van der Waals surface area contributed by atoms with Crippen LogP contribution in [0.1, 0.15) is 32.3 Å². The summed E-state index contributed by atoms with van der Waals surface area (Å²) in [4.78, 5) is 12.1. The number of hydrogen-bond donors (Lipinski definition) is 2. The van der Waals surface area contributed by atoms with Crippen molar-refractivity contribution in [3.05, 3.63) is 35.9 Å². The van der Waals surface area contributed by atoms with E-state index in [1.54, 1.807) is 0 Å². The van der Waals surface area contributed by atoms with E-state index in [-0.39, 0.29) is 11.3 Å². The highest BCUT2D eigenvalue weighted by Gasteiger charge is 2.27. The van der Waals surface area contributed by atoms with Gasteiger partial charge in [-0.1, -0.05) is 44.2 Å². The summed E-state index contributed by atoms with van der Waals surface area (Å²) in [5.74, 6) is 0.114. The number of rotatable bonds is 7. The molecule has 100 valence electrons. The van der Waals surface area contributed by atoms with Crippen molar-refractivity contribution < 1.29 is 4.79 Å². The van der Waals surface area contributed by atoms with Gasteiger partial charge in [-0.15, -0.1) is 0 Å². The van der Waals surface area contributed by atoms with Crippen LogP contribution in [0.2, 0.25) is 0 Å². The predicted octanol–water partition coefficient (Wildman–Crippen LogP) is 2.11. The first-order valence-electron chi connectivity index (χ1n) is 6.58. The standard InChI is InChI=1S/C15H24N2O/c1-15(2,12-13-8-4-3-5-9-13)14(18)17-11-7-6-10-16/h3-5,8-9H,6-7,10-12,16H2,1-2H3,(H,17,18). The van der Waals surface area contributed by atoms with Gasteiger partial charge in [0.15, 0.2) is 0 Å². The van der Waals surface area contributed by atoms with Crippen molar-refractivity contribution in [3.63, 3.8) is 0 Å². The van der Waals surface area contributed by atoms with Crippen LogP contribution in [0.25, 0.3) is 0 Å². The van der Waals surface area contributed by atoms with Gasteiger partial charge in [0.1, 0.15) is 0 Å². The van der Waals surface area contributed by atoms with Crippen LogP contribution in [-0.4, -0.2) is 19.0 Å². The van der Waals surface area contributed by atoms with Gasteiger partial charge in [-0.2, -0.15) is 0 Å². The Bertz CT molecular complexity index is 360. The van der Waals surface area contributed by atoms with E-state index < -0.39 is 0 Å². The Balaban J connectivity index is 2.44. The number of carbonyl (C=O) groups is 1. The maximum atomic E-state index is 12.1. The lowest BCUT2D eigenvalue weighted by atomic mass is 9.85. The fourth-order valence-electron chi connectivity index (χ4n) is 1.90. The lowest BCUT2D eigenvalue weighted by Crippen LogP contribution is -2.38. The Kier molecular flexibility index (Phi) is 5.86. The van der Waals surface area contributed by atoms with Crippen LogP contribution in [0.5, 0.6) is 0 Å². The van der Waals surface area contributed by atoms with Crippen LogP contribution in [0.15, 0.2) is 30.3 Å². The van der Waals surface area contributed by atoms with Gasteiger partial charge in [-0.25, -0.2) is 0 Å². The third-order valence-corrected chi connectivity index (χ3v) is 3.02. The molecule has 0 bridgehead atoms. The van der Waals surface area contributed by atoms with E-state index in [1.165, 1.54) is 5.56 Å². The van der Waals surface area contributed by atoms with Crippen molar-refractivity contribution >= 4 is 5.91 Å². The van der Waals surface area contributed by atoms with E-state index in [9.17, 15) is 4.79 Å². The minimum Gasteiger partial charge on any atom is -0.356 e. The Hall–Kier alpha value is -1.35. The maximum Gasteiger partial charge on any atom is 0.225 e. The Morgan fingerprint density at radius 2 is 1.89 bits per heavy atom. The van der Waals surface area contributed by atoms with Gasteiger partial charge in [0.25, 0.3) is 0 Å². The molecule has 0 atom stereocenters. The van der Waals surface area contributed by atoms with E-state index in [1.807, 2.05) is 32.0 Å². The van der Waals surface area contributed by atoms with Crippen LogP contribution < -0.4 is 11.1 Å². The smallest absolute Gasteiger partial charge is 0.225 e. The second-order valence-corrected chi connectivity index (χ2v) is 5.30. The van der Waals surface area contributed by atoms with Crippen LogP contribution in [0, 0.1) is 5.41 Å². The highest BCUT2D eigenvalue weighted by atomic mass is 16.2. The molecule has 1 aromatic rings. The maximum absolute atomic E-state index is 12.1. The van der Waals surface area contributed by atoms with Crippen LogP contribution in [0.3, 0.4) is 0 Å². The number of amides is 1. The minimum atomic E-state index is -0.371. The number of nitrogens with one attached hydrogen (secondary N) is 1. The molecule has 3 heteroatoms. The average molecular weight is 248 g/mol. The summed E-state index contributed by atoms with van der Waals surface area (Å²) in [6.45, 7) is 5.37. The highest BCUT2D eigenvalue weighted by Crippen LogP contribution is 2.21. The first-order chi connectivity index (χ1) is 8.56. The summed E-state index contributed by atoms with van der Waals surface area (Å²) in [6.07, 6.45) is 2.67. The Morgan fingerprint density at radius 3 is 2.50 bits per heavy atom. The van der Waals surface area contributed by atoms with Gasteiger partial charge in [0.2, 0.25) is 5.91 Å². The second kappa shape index (κ2) is 7.17. The van der Waals surface area contributed by atoms with Crippen molar-refractivity contribution in [1.82, 2.24) is 5.32 Å². The molecule has 1 aromatic carbocycles. The third-order valence-electron chi connectivity index (χ3n) is 3.02. The molecule has 1 rings (SSSR count). The molecule has 18 heavy (non-hydrogen) atoms. The second-order valence-electron chi connectivity index (χ2n) is 5.30. The van der Waals surface area contributed by atoms with E-state index in [4.69, 9.17) is 5.73 Å². The van der Waals surface area contributed by atoms with Crippen LogP contribution in [0.4, 0.5) is 0 Å². The van der Waals surface area contributed by atoms with Crippen LogP contribution >= 0.6 is 0 Å². The molecular weight excluding hydrogens is 224 g/mol. The molecule has 0 saturated heterocycles. The normalized spacial score (nSPS) is 11.3. The number of carbonyl (C=O) groups excluding carboxylic acids is 1. The molecule has 0 aliphatic rings. The molecule has 0 aromatic heterocycles. The lowest BCUT2D eigenvalue weighted by molar-refractivity contribution is -0.129. The zero-order valence-corrected chi connectivity index (χ0v) is 11.4. The zero-order valence-electron chi connectivity index (χ0n) is 11.4. The third kappa shape index (κ3) is 4.88. The molecule has 3 N–H and O–H groups in total. The van der Waals surface area contributed by atoms with Gasteiger partial charge in [-0.05, 0) is 31.4 Å². The topological polar surface area (TPSA) is 55.1 Å². The molecule has 0 heterocycles. The van der Waals surface area contributed by atoms with Crippen molar-refractivity contribution in [2.24, 2.45) is 11.1 Å². The first-order valence-corrected chi connectivity index (χ1v) is 6.58. The largest absolute Gasteiger partial charge is 0.356 e. The molecule has 3 nitrogen and oxygen atoms in total. The number of benzene rings is 1. The molecule has 0 radical (unpaired) electrons. The monoisotopic (exact) mass is 248 g/mol. The highest BCUT2D eigenvalue weighted by molar-refractivity contribution is 5.82. The summed E-state index contributed by atoms with van der Waals surface area (Å²) in [6, 6.07) is 10.1. The Labute approximate surface area is 110 Å². The molecule has 0 spiro atoms. The SMILES string of the molecule is CC(C)(Cc1ccccc1)C(=O)NCCCCN. The number of unbranched alkanes of at least 4 members (excludes halogenated alkanes) is 1. The zero-order chi connectivity index (χ0) is 13.4. The summed E-state index contributed by atoms with van der Waals surface area (Å²) in [5.41, 5.74) is 6.24. The number of nitrogens with two attached hydrogens (primary N) is 1. The quantitative estimate of drug-likeness (QED) is 0.726. The van der Waals surface area contributed by atoms with E-state index in [2.05, 4.69) is 17.4 Å². The molecular formula is C15H24N2O. The van der Waals surface area contributed by atoms with Gasteiger partial charge < -0.3 is 11.1 Å². The predicted molar refractivity (Wildman–Crippen MR) is 75.2 cm³/mol. The number of hydrogen-bond acceptors (Lipinski definition) is 2. The van der Waals surface area contributed by atoms with Gasteiger partial charge in [0.05, 0.1) is 0 Å². The van der Waals surface area contributed by atoms with Crippen LogP contribution in [-0.2, 0) is 11.2 Å². The molecule has 0 unspecified atom stereocenters. The molecule has 0 aliphatic carbocycles. The summed E-state index contributed by atoms with van der Waals surface area (Å²) in [7, 11) is 0. The van der Waals surface area contributed by atoms with Gasteiger partial charge in [-0.3, -0.25) is 4.79 Å². The van der Waals surface area contributed by atoms with Gasteiger partial charge in [0, 0.05) is 12.0 Å². The molecule has 0 saturated carbocycles. The first kappa shape index (κ1) is 14.7. The van der Waals surface area contributed by atoms with E-state index >= 15 is 0 Å². The fourth-order valence-corrected chi connectivity index (χ4v) is 1.90. The van der Waals surface area contributed by atoms with Crippen molar-refractivity contribution in [2.45, 2.75) is 33.1 Å². The Morgan fingerprint density at radius 1 is 1.22 bits per heavy atom. The molecule has 0 aliphatic heterocycles. The van der Waals surface area contributed by atoms with Crippen molar-refractivity contribution in [1.29, 1.82) is 0 Å². The fraction of sp³-hybridized carbons (Fsp3) is 0.533. The lowest BCUT2D eigenvalue weighted by Gasteiger charge is -2.23.